The van der Waals surface area contributed by atoms with Crippen molar-refractivity contribution in [3.63, 3.8) is 0 Å². The fourth-order valence-corrected chi connectivity index (χ4v) is 3.04. The Morgan fingerprint density at radius 1 is 1.10 bits per heavy atom. The molecule has 1 heterocycles. The van der Waals surface area contributed by atoms with E-state index in [1.54, 1.807) is 18.2 Å². The van der Waals surface area contributed by atoms with Crippen LogP contribution in [0.25, 0.3) is 5.57 Å². The summed E-state index contributed by atoms with van der Waals surface area (Å²) in [5.74, 6) is -0.0914. The Balaban J connectivity index is 2.10. The van der Waals surface area contributed by atoms with Crippen molar-refractivity contribution in [2.45, 2.75) is 0 Å². The molecule has 1 aliphatic rings. The quantitative estimate of drug-likeness (QED) is 0.309. The van der Waals surface area contributed by atoms with Crippen LogP contribution in [0.1, 0.15) is 5.56 Å². The molecular weight excluding hydrogens is 390 g/mol. The zero-order valence-electron chi connectivity index (χ0n) is 16.4. The van der Waals surface area contributed by atoms with Gasteiger partial charge in [0.15, 0.2) is 0 Å². The van der Waals surface area contributed by atoms with Crippen molar-refractivity contribution in [3.05, 3.63) is 76.5 Å². The Hall–Kier alpha value is -4.14. The summed E-state index contributed by atoms with van der Waals surface area (Å²) in [4.78, 5) is 37.3. The van der Waals surface area contributed by atoms with Gasteiger partial charge >= 0.3 is 0 Å². The maximum atomic E-state index is 13.0. The highest BCUT2D eigenvalue weighted by Gasteiger charge is 2.39. The fourth-order valence-electron chi connectivity index (χ4n) is 3.04. The van der Waals surface area contributed by atoms with Gasteiger partial charge in [0.1, 0.15) is 17.2 Å². The molecule has 0 saturated heterocycles. The second kappa shape index (κ2) is 8.48. The molecule has 1 aliphatic heterocycles. The van der Waals surface area contributed by atoms with Crippen LogP contribution in [0.3, 0.4) is 0 Å². The fraction of sp³-hybridized carbons (Fsp3) is 0.143. The van der Waals surface area contributed by atoms with Gasteiger partial charge in [-0.25, -0.2) is 0 Å². The molecule has 0 bridgehead atoms. The number of methoxy groups -OCH3 is 2. The van der Waals surface area contributed by atoms with Crippen LogP contribution in [0.4, 0.5) is 11.4 Å². The van der Waals surface area contributed by atoms with Crippen LogP contribution >= 0.6 is 0 Å². The largest absolute Gasteiger partial charge is 0.497 e. The molecule has 9 nitrogen and oxygen atoms in total. The second-order valence-electron chi connectivity index (χ2n) is 6.25. The molecular formula is C21H19N3O6. The Kier molecular flexibility index (Phi) is 5.82. The zero-order valence-corrected chi connectivity index (χ0v) is 16.4. The van der Waals surface area contributed by atoms with E-state index in [2.05, 4.69) is 11.9 Å². The monoisotopic (exact) mass is 409 g/mol. The lowest BCUT2D eigenvalue weighted by Crippen LogP contribution is -2.32. The lowest BCUT2D eigenvalue weighted by molar-refractivity contribution is -0.384. The first-order valence-corrected chi connectivity index (χ1v) is 8.86. The summed E-state index contributed by atoms with van der Waals surface area (Å²) in [5, 5.41) is 13.9. The molecule has 0 radical (unpaired) electrons. The summed E-state index contributed by atoms with van der Waals surface area (Å²) in [5.41, 5.74) is 0.856. The lowest BCUT2D eigenvalue weighted by Gasteiger charge is -2.14. The third kappa shape index (κ3) is 3.72. The molecule has 2 aromatic carbocycles. The molecule has 0 atom stereocenters. The van der Waals surface area contributed by atoms with E-state index < -0.39 is 16.7 Å². The van der Waals surface area contributed by atoms with E-state index in [-0.39, 0.29) is 23.5 Å². The van der Waals surface area contributed by atoms with Crippen molar-refractivity contribution < 1.29 is 24.0 Å². The number of nitro groups is 1. The van der Waals surface area contributed by atoms with Gasteiger partial charge in [-0.1, -0.05) is 6.08 Å². The maximum absolute atomic E-state index is 13.0. The Labute approximate surface area is 172 Å². The number of imide groups is 1. The van der Waals surface area contributed by atoms with Crippen molar-refractivity contribution in [2.24, 2.45) is 0 Å². The minimum absolute atomic E-state index is 0.0269. The SMILES string of the molecule is C=CCN1C(=O)C(Nc2ccc(OC)cc2OC)=C(c2ccc([N+](=O)[O-])cc2)C1=O. The van der Waals surface area contributed by atoms with Gasteiger partial charge in [0.25, 0.3) is 17.5 Å². The lowest BCUT2D eigenvalue weighted by atomic mass is 10.0. The third-order valence-corrected chi connectivity index (χ3v) is 4.51. The Morgan fingerprint density at radius 3 is 2.37 bits per heavy atom. The molecule has 9 heteroatoms. The smallest absolute Gasteiger partial charge is 0.278 e. The number of rotatable bonds is 8. The van der Waals surface area contributed by atoms with Crippen molar-refractivity contribution in [1.82, 2.24) is 4.90 Å². The van der Waals surface area contributed by atoms with E-state index in [9.17, 15) is 19.7 Å². The van der Waals surface area contributed by atoms with Crippen LogP contribution in [-0.4, -0.2) is 42.4 Å². The molecule has 0 saturated carbocycles. The highest BCUT2D eigenvalue weighted by molar-refractivity contribution is 6.36. The van der Waals surface area contributed by atoms with Crippen LogP contribution in [0.2, 0.25) is 0 Å². The number of carbonyl (C=O) groups excluding carboxylic acids is 2. The standard InChI is InChI=1S/C21H19N3O6/c1-4-11-23-20(25)18(13-5-7-14(8-6-13)24(27)28)19(21(23)26)22-16-10-9-15(29-2)12-17(16)30-3/h4-10,12,22H,1,11H2,2-3H3. The normalized spacial score (nSPS) is 13.5. The molecule has 154 valence electrons. The van der Waals surface area contributed by atoms with Crippen LogP contribution in [-0.2, 0) is 9.59 Å². The molecule has 0 spiro atoms. The number of amides is 2. The summed E-state index contributed by atoms with van der Waals surface area (Å²) >= 11 is 0. The summed E-state index contributed by atoms with van der Waals surface area (Å²) < 4.78 is 10.5. The van der Waals surface area contributed by atoms with Crippen LogP contribution in [0.5, 0.6) is 11.5 Å². The highest BCUT2D eigenvalue weighted by Crippen LogP contribution is 2.35. The van der Waals surface area contributed by atoms with E-state index >= 15 is 0 Å². The highest BCUT2D eigenvalue weighted by atomic mass is 16.6. The average Bonchev–Trinajstić information content (AvgIpc) is 2.98. The van der Waals surface area contributed by atoms with E-state index in [0.29, 0.717) is 22.7 Å². The topological polar surface area (TPSA) is 111 Å². The van der Waals surface area contributed by atoms with Crippen molar-refractivity contribution in [2.75, 3.05) is 26.1 Å². The van der Waals surface area contributed by atoms with Gasteiger partial charge in [-0.05, 0) is 29.8 Å². The van der Waals surface area contributed by atoms with Crippen molar-refractivity contribution in [1.29, 1.82) is 0 Å². The number of nitro benzene ring substituents is 1. The molecule has 2 amide bonds. The first kappa shape index (κ1) is 20.6. The average molecular weight is 409 g/mol. The van der Waals surface area contributed by atoms with E-state index in [1.807, 2.05) is 0 Å². The summed E-state index contributed by atoms with van der Waals surface area (Å²) in [6.45, 7) is 3.61. The van der Waals surface area contributed by atoms with Gasteiger partial charge in [0.05, 0.1) is 30.4 Å². The number of nitrogens with zero attached hydrogens (tertiary/aromatic N) is 2. The number of carbonyl (C=O) groups is 2. The van der Waals surface area contributed by atoms with Gasteiger partial charge in [-0.3, -0.25) is 24.6 Å². The van der Waals surface area contributed by atoms with Gasteiger partial charge in [0, 0.05) is 24.7 Å². The zero-order chi connectivity index (χ0) is 21.8. The minimum Gasteiger partial charge on any atom is -0.497 e. The van der Waals surface area contributed by atoms with Gasteiger partial charge in [-0.2, -0.15) is 0 Å². The Bertz CT molecular complexity index is 1060. The van der Waals surface area contributed by atoms with Crippen LogP contribution in [0.15, 0.2) is 60.8 Å². The second-order valence-corrected chi connectivity index (χ2v) is 6.25. The number of non-ortho nitro benzene ring substituents is 1. The van der Waals surface area contributed by atoms with Gasteiger partial charge in [-0.15, -0.1) is 6.58 Å². The number of hydrogen-bond donors (Lipinski definition) is 1. The third-order valence-electron chi connectivity index (χ3n) is 4.51. The number of nitrogens with one attached hydrogen (secondary N) is 1. The van der Waals surface area contributed by atoms with E-state index in [4.69, 9.17) is 9.47 Å². The van der Waals surface area contributed by atoms with Crippen molar-refractivity contribution >= 4 is 28.8 Å². The summed E-state index contributed by atoms with van der Waals surface area (Å²) in [6, 6.07) is 10.4. The molecule has 0 aliphatic carbocycles. The van der Waals surface area contributed by atoms with Crippen molar-refractivity contribution in [3.8, 4) is 11.5 Å². The molecule has 3 rings (SSSR count). The molecule has 0 unspecified atom stereocenters. The predicted octanol–water partition coefficient (Wildman–Crippen LogP) is 2.99. The summed E-state index contributed by atoms with van der Waals surface area (Å²) in [7, 11) is 2.99. The van der Waals surface area contributed by atoms with Crippen LogP contribution < -0.4 is 14.8 Å². The summed E-state index contributed by atoms with van der Waals surface area (Å²) in [6.07, 6.45) is 1.44. The maximum Gasteiger partial charge on any atom is 0.278 e. The van der Waals surface area contributed by atoms with E-state index in [1.165, 1.54) is 44.6 Å². The molecule has 2 aromatic rings. The molecule has 0 aromatic heterocycles. The number of anilines is 1. The number of benzene rings is 2. The van der Waals surface area contributed by atoms with Gasteiger partial charge in [0.2, 0.25) is 0 Å². The molecule has 1 N–H and O–H groups in total. The number of ether oxygens (including phenoxy) is 2. The van der Waals surface area contributed by atoms with Gasteiger partial charge < -0.3 is 14.8 Å². The molecule has 0 fully saturated rings. The molecule has 30 heavy (non-hydrogen) atoms. The Morgan fingerprint density at radius 2 is 1.80 bits per heavy atom. The first-order valence-electron chi connectivity index (χ1n) is 8.86. The number of hydrogen-bond acceptors (Lipinski definition) is 7. The first-order chi connectivity index (χ1) is 14.4. The van der Waals surface area contributed by atoms with Crippen LogP contribution in [0, 0.1) is 10.1 Å². The predicted molar refractivity (Wildman–Crippen MR) is 110 cm³/mol. The van der Waals surface area contributed by atoms with E-state index in [0.717, 1.165) is 4.90 Å². The minimum atomic E-state index is -0.537.